The third kappa shape index (κ3) is 3.08. The van der Waals surface area contributed by atoms with Crippen LogP contribution >= 0.6 is 0 Å². The SMILES string of the molecule is COCc1nn2c3c(c(-c4ccco4)nc2c1-c1ccc(OC)cc1)C[C@H](C)CC3. The predicted octanol–water partition coefficient (Wildman–Crippen LogP) is 4.94. The minimum absolute atomic E-state index is 0.423. The minimum Gasteiger partial charge on any atom is -0.497 e. The van der Waals surface area contributed by atoms with E-state index < -0.39 is 0 Å². The van der Waals surface area contributed by atoms with Gasteiger partial charge in [0.05, 0.1) is 31.2 Å². The normalized spacial score (nSPS) is 16.0. The van der Waals surface area contributed by atoms with E-state index in [9.17, 15) is 0 Å². The maximum absolute atomic E-state index is 5.77. The quantitative estimate of drug-likeness (QED) is 0.472. The fraction of sp³-hybridized carbons (Fsp3) is 0.333. The molecule has 0 unspecified atom stereocenters. The molecule has 0 N–H and O–H groups in total. The summed E-state index contributed by atoms with van der Waals surface area (Å²) < 4.78 is 18.6. The average molecular weight is 403 g/mol. The number of methoxy groups -OCH3 is 2. The first-order valence-corrected chi connectivity index (χ1v) is 10.3. The van der Waals surface area contributed by atoms with Crippen molar-refractivity contribution < 1.29 is 13.9 Å². The van der Waals surface area contributed by atoms with Gasteiger partial charge in [0.2, 0.25) is 0 Å². The number of benzene rings is 1. The van der Waals surface area contributed by atoms with Gasteiger partial charge in [-0.15, -0.1) is 0 Å². The number of hydrogen-bond acceptors (Lipinski definition) is 5. The molecular formula is C24H25N3O3. The van der Waals surface area contributed by atoms with Crippen molar-refractivity contribution in [3.8, 4) is 28.3 Å². The average Bonchev–Trinajstić information content (AvgIpc) is 3.41. The number of aryl methyl sites for hydroxylation is 1. The Balaban J connectivity index is 1.80. The highest BCUT2D eigenvalue weighted by Gasteiger charge is 2.27. The van der Waals surface area contributed by atoms with Gasteiger partial charge in [0.1, 0.15) is 11.4 Å². The monoisotopic (exact) mass is 403 g/mol. The van der Waals surface area contributed by atoms with E-state index in [4.69, 9.17) is 24.0 Å². The first kappa shape index (κ1) is 18.9. The molecule has 1 atom stereocenters. The molecule has 0 saturated heterocycles. The predicted molar refractivity (Wildman–Crippen MR) is 115 cm³/mol. The summed E-state index contributed by atoms with van der Waals surface area (Å²) in [5.74, 6) is 2.23. The van der Waals surface area contributed by atoms with Crippen LogP contribution in [0.15, 0.2) is 47.1 Å². The van der Waals surface area contributed by atoms with Gasteiger partial charge >= 0.3 is 0 Å². The van der Waals surface area contributed by atoms with Crippen LogP contribution in [0.4, 0.5) is 0 Å². The van der Waals surface area contributed by atoms with E-state index >= 15 is 0 Å². The van der Waals surface area contributed by atoms with E-state index in [0.717, 1.165) is 58.9 Å². The van der Waals surface area contributed by atoms with Gasteiger partial charge in [0.15, 0.2) is 11.4 Å². The maximum Gasteiger partial charge on any atom is 0.164 e. The van der Waals surface area contributed by atoms with Crippen molar-refractivity contribution in [2.45, 2.75) is 32.8 Å². The minimum atomic E-state index is 0.423. The summed E-state index contributed by atoms with van der Waals surface area (Å²) in [6.07, 6.45) is 4.79. The third-order valence-electron chi connectivity index (χ3n) is 5.88. The van der Waals surface area contributed by atoms with E-state index in [2.05, 4.69) is 6.92 Å². The molecule has 0 amide bonds. The Morgan fingerprint density at radius 3 is 2.70 bits per heavy atom. The van der Waals surface area contributed by atoms with Gasteiger partial charge in [0, 0.05) is 18.4 Å². The van der Waals surface area contributed by atoms with Crippen LogP contribution in [0.2, 0.25) is 0 Å². The summed E-state index contributed by atoms with van der Waals surface area (Å²) in [5.41, 5.74) is 7.14. The highest BCUT2D eigenvalue weighted by Crippen LogP contribution is 2.37. The number of furan rings is 1. The van der Waals surface area contributed by atoms with Crippen LogP contribution in [0.3, 0.4) is 0 Å². The summed E-state index contributed by atoms with van der Waals surface area (Å²) in [4.78, 5) is 5.11. The molecule has 6 heteroatoms. The summed E-state index contributed by atoms with van der Waals surface area (Å²) >= 11 is 0. The molecule has 0 bridgehead atoms. The van der Waals surface area contributed by atoms with Crippen molar-refractivity contribution in [2.75, 3.05) is 14.2 Å². The number of ether oxygens (including phenoxy) is 2. The van der Waals surface area contributed by atoms with Gasteiger partial charge in [-0.25, -0.2) is 9.50 Å². The van der Waals surface area contributed by atoms with Crippen molar-refractivity contribution >= 4 is 5.65 Å². The van der Waals surface area contributed by atoms with Crippen molar-refractivity contribution in [1.82, 2.24) is 14.6 Å². The summed E-state index contributed by atoms with van der Waals surface area (Å²) in [6, 6.07) is 11.9. The van der Waals surface area contributed by atoms with E-state index in [1.165, 1.54) is 11.3 Å². The second kappa shape index (κ2) is 7.61. The molecule has 1 aromatic carbocycles. The molecule has 0 saturated carbocycles. The fourth-order valence-corrected chi connectivity index (χ4v) is 4.40. The van der Waals surface area contributed by atoms with Crippen molar-refractivity contribution in [2.24, 2.45) is 5.92 Å². The van der Waals surface area contributed by atoms with Crippen LogP contribution in [0.5, 0.6) is 5.75 Å². The molecule has 3 aromatic heterocycles. The van der Waals surface area contributed by atoms with E-state index in [1.807, 2.05) is 40.9 Å². The Bertz CT molecular complexity index is 1180. The smallest absolute Gasteiger partial charge is 0.164 e. The molecule has 1 aliphatic carbocycles. The Morgan fingerprint density at radius 2 is 2.00 bits per heavy atom. The second-order valence-electron chi connectivity index (χ2n) is 7.93. The number of fused-ring (bicyclic) bond motifs is 3. The van der Waals surface area contributed by atoms with Gasteiger partial charge in [-0.2, -0.15) is 5.10 Å². The molecule has 3 heterocycles. The van der Waals surface area contributed by atoms with Crippen molar-refractivity contribution in [3.05, 3.63) is 59.6 Å². The van der Waals surface area contributed by atoms with Gasteiger partial charge in [-0.05, 0) is 55.0 Å². The zero-order valence-electron chi connectivity index (χ0n) is 17.5. The molecule has 0 fully saturated rings. The molecule has 5 rings (SSSR count). The highest BCUT2D eigenvalue weighted by atomic mass is 16.5. The van der Waals surface area contributed by atoms with E-state index in [0.29, 0.717) is 12.5 Å². The summed E-state index contributed by atoms with van der Waals surface area (Å²) in [7, 11) is 3.37. The zero-order valence-corrected chi connectivity index (χ0v) is 17.5. The van der Waals surface area contributed by atoms with Gasteiger partial charge in [0.25, 0.3) is 0 Å². The van der Waals surface area contributed by atoms with Crippen molar-refractivity contribution in [3.63, 3.8) is 0 Å². The molecule has 0 radical (unpaired) electrons. The lowest BCUT2D eigenvalue weighted by Crippen LogP contribution is -2.18. The number of nitrogens with zero attached hydrogens (tertiary/aromatic N) is 3. The van der Waals surface area contributed by atoms with Crippen LogP contribution in [0.1, 0.15) is 30.3 Å². The zero-order chi connectivity index (χ0) is 20.7. The standard InChI is InChI=1S/C24H25N3O3/c1-15-6-11-20-18(13-15)23(21-5-4-12-30-21)25-24-22(19(14-28-2)26-27(20)24)16-7-9-17(29-3)10-8-16/h4-5,7-10,12,15H,6,11,13-14H2,1-3H3/t15-/m1/s1. The Kier molecular flexibility index (Phi) is 4.79. The lowest BCUT2D eigenvalue weighted by Gasteiger charge is -2.23. The molecule has 0 aliphatic heterocycles. The number of aromatic nitrogens is 3. The first-order valence-electron chi connectivity index (χ1n) is 10.3. The third-order valence-corrected chi connectivity index (χ3v) is 5.88. The lowest BCUT2D eigenvalue weighted by molar-refractivity contribution is 0.181. The Morgan fingerprint density at radius 1 is 1.17 bits per heavy atom. The first-order chi connectivity index (χ1) is 14.7. The molecule has 4 aromatic rings. The van der Waals surface area contributed by atoms with E-state index in [-0.39, 0.29) is 0 Å². The topological polar surface area (TPSA) is 61.8 Å². The molecule has 30 heavy (non-hydrogen) atoms. The molecule has 0 spiro atoms. The summed E-state index contributed by atoms with van der Waals surface area (Å²) in [6.45, 7) is 2.72. The van der Waals surface area contributed by atoms with Crippen LogP contribution in [0.25, 0.3) is 28.2 Å². The van der Waals surface area contributed by atoms with Gasteiger partial charge in [-0.1, -0.05) is 19.1 Å². The van der Waals surface area contributed by atoms with Crippen LogP contribution in [-0.2, 0) is 24.2 Å². The summed E-state index contributed by atoms with van der Waals surface area (Å²) in [5, 5.41) is 4.95. The van der Waals surface area contributed by atoms with Crippen LogP contribution in [-0.4, -0.2) is 28.8 Å². The molecule has 6 nitrogen and oxygen atoms in total. The van der Waals surface area contributed by atoms with Crippen molar-refractivity contribution in [1.29, 1.82) is 0 Å². The number of hydrogen-bond donors (Lipinski definition) is 0. The largest absolute Gasteiger partial charge is 0.497 e. The van der Waals surface area contributed by atoms with Crippen LogP contribution in [0, 0.1) is 5.92 Å². The second-order valence-corrected chi connectivity index (χ2v) is 7.93. The fourth-order valence-electron chi connectivity index (χ4n) is 4.40. The molecule has 154 valence electrons. The van der Waals surface area contributed by atoms with Gasteiger partial charge < -0.3 is 13.9 Å². The Hall–Kier alpha value is -3.12. The molecule has 1 aliphatic rings. The molecular weight excluding hydrogens is 378 g/mol. The maximum atomic E-state index is 5.77. The highest BCUT2D eigenvalue weighted by molar-refractivity contribution is 5.82. The van der Waals surface area contributed by atoms with E-state index in [1.54, 1.807) is 20.5 Å². The van der Waals surface area contributed by atoms with Crippen LogP contribution < -0.4 is 4.74 Å². The lowest BCUT2D eigenvalue weighted by atomic mass is 9.86. The van der Waals surface area contributed by atoms with Gasteiger partial charge in [-0.3, -0.25) is 0 Å². The number of rotatable bonds is 5. The Labute approximate surface area is 175 Å².